The van der Waals surface area contributed by atoms with Gasteiger partial charge in [0.25, 0.3) is 5.91 Å². The Bertz CT molecular complexity index is 728. The van der Waals surface area contributed by atoms with Gasteiger partial charge in [-0.1, -0.05) is 37.3 Å². The third kappa shape index (κ3) is 3.91. The topological polar surface area (TPSA) is 66.0 Å². The Morgan fingerprint density at radius 2 is 2.08 bits per heavy atom. The fourth-order valence-electron chi connectivity index (χ4n) is 3.10. The molecule has 2 heterocycles. The lowest BCUT2D eigenvalue weighted by atomic mass is 10.0. The Morgan fingerprint density at radius 1 is 1.32 bits per heavy atom. The van der Waals surface area contributed by atoms with Gasteiger partial charge in [0.15, 0.2) is 6.04 Å². The predicted molar refractivity (Wildman–Crippen MR) is 98.5 cm³/mol. The maximum atomic E-state index is 12.6. The average molecular weight is 358 g/mol. The van der Waals surface area contributed by atoms with Crippen LogP contribution in [0, 0.1) is 0 Å². The molecule has 132 valence electrons. The molecule has 0 radical (unpaired) electrons. The summed E-state index contributed by atoms with van der Waals surface area (Å²) in [5.41, 5.74) is 2.47. The summed E-state index contributed by atoms with van der Waals surface area (Å²) >= 11 is 1.69. The Balaban J connectivity index is 1.80. The molecule has 25 heavy (non-hydrogen) atoms. The first-order chi connectivity index (χ1) is 12.1. The van der Waals surface area contributed by atoms with Crippen molar-refractivity contribution in [3.8, 4) is 0 Å². The zero-order valence-electron chi connectivity index (χ0n) is 14.6. The van der Waals surface area contributed by atoms with E-state index in [1.54, 1.807) is 11.3 Å². The molecular formula is C19H24N3O2S+. The van der Waals surface area contributed by atoms with Gasteiger partial charge in [0.2, 0.25) is 0 Å². The van der Waals surface area contributed by atoms with Crippen molar-refractivity contribution in [2.75, 3.05) is 13.1 Å². The van der Waals surface area contributed by atoms with Crippen LogP contribution in [0.5, 0.6) is 0 Å². The van der Waals surface area contributed by atoms with Crippen molar-refractivity contribution < 1.29 is 14.9 Å². The monoisotopic (exact) mass is 358 g/mol. The number of aryl methyl sites for hydroxylation is 1. The molecule has 1 aromatic heterocycles. The second kappa shape index (κ2) is 7.80. The van der Waals surface area contributed by atoms with Gasteiger partial charge in [0, 0.05) is 18.7 Å². The van der Waals surface area contributed by atoms with Crippen LogP contribution in [0.25, 0.3) is 0 Å². The number of hydrogen-bond acceptors (Lipinski definition) is 3. The molecule has 0 spiro atoms. The van der Waals surface area contributed by atoms with Crippen molar-refractivity contribution in [1.82, 2.24) is 10.2 Å². The van der Waals surface area contributed by atoms with E-state index in [1.807, 2.05) is 13.0 Å². The molecule has 2 aromatic rings. The molecule has 5 nitrogen and oxygen atoms in total. The Morgan fingerprint density at radius 3 is 2.64 bits per heavy atom. The third-order valence-corrected chi connectivity index (χ3v) is 5.55. The lowest BCUT2D eigenvalue weighted by Gasteiger charge is -2.22. The van der Waals surface area contributed by atoms with Crippen LogP contribution in [0.4, 0.5) is 4.79 Å². The number of amides is 3. The van der Waals surface area contributed by atoms with Crippen molar-refractivity contribution in [1.29, 1.82) is 0 Å². The smallest absolute Gasteiger partial charge is 0.324 e. The molecule has 1 aliphatic heterocycles. The standard InChI is InChI=1S/C19H23N3O2S/c1-3-14-6-8-15(9-7-14)17(16-5-4-12-25-16)21-13(2)18(23)22-11-10-20-19(22)24/h4-9,12-13,17,21H,3,10-11H2,1-2H3,(H,20,24)/p+1/t13-,17+/m0/s1. The van der Waals surface area contributed by atoms with Crippen molar-refractivity contribution in [2.24, 2.45) is 0 Å². The zero-order chi connectivity index (χ0) is 17.8. The van der Waals surface area contributed by atoms with E-state index in [4.69, 9.17) is 0 Å². The van der Waals surface area contributed by atoms with Crippen molar-refractivity contribution in [3.05, 3.63) is 57.8 Å². The summed E-state index contributed by atoms with van der Waals surface area (Å²) in [6, 6.07) is 12.1. The number of hydrogen-bond donors (Lipinski definition) is 2. The first kappa shape index (κ1) is 17.6. The molecule has 3 N–H and O–H groups in total. The van der Waals surface area contributed by atoms with E-state index in [-0.39, 0.29) is 24.0 Å². The van der Waals surface area contributed by atoms with Crippen LogP contribution in [0.2, 0.25) is 0 Å². The van der Waals surface area contributed by atoms with Gasteiger partial charge >= 0.3 is 6.03 Å². The van der Waals surface area contributed by atoms with E-state index >= 15 is 0 Å². The molecule has 2 atom stereocenters. The van der Waals surface area contributed by atoms with Gasteiger partial charge in [-0.15, -0.1) is 11.3 Å². The van der Waals surface area contributed by atoms with Gasteiger partial charge in [-0.2, -0.15) is 0 Å². The highest BCUT2D eigenvalue weighted by Crippen LogP contribution is 2.23. The second-order valence-corrected chi connectivity index (χ2v) is 7.27. The highest BCUT2D eigenvalue weighted by atomic mass is 32.1. The van der Waals surface area contributed by atoms with E-state index in [9.17, 15) is 9.59 Å². The maximum absolute atomic E-state index is 12.6. The number of carbonyl (C=O) groups is 2. The molecule has 1 fully saturated rings. The molecule has 0 saturated carbocycles. The van der Waals surface area contributed by atoms with Crippen LogP contribution in [0.15, 0.2) is 41.8 Å². The first-order valence-corrected chi connectivity index (χ1v) is 9.54. The summed E-state index contributed by atoms with van der Waals surface area (Å²) in [6.07, 6.45) is 1.01. The van der Waals surface area contributed by atoms with Crippen molar-refractivity contribution in [3.63, 3.8) is 0 Å². The summed E-state index contributed by atoms with van der Waals surface area (Å²) in [7, 11) is 0. The average Bonchev–Trinajstić information content (AvgIpc) is 3.30. The fraction of sp³-hybridized carbons (Fsp3) is 0.368. The number of imide groups is 1. The van der Waals surface area contributed by atoms with Gasteiger partial charge < -0.3 is 10.6 Å². The molecular weight excluding hydrogens is 334 g/mol. The third-order valence-electron chi connectivity index (χ3n) is 4.59. The molecule has 1 saturated heterocycles. The van der Waals surface area contributed by atoms with Crippen LogP contribution < -0.4 is 10.6 Å². The van der Waals surface area contributed by atoms with Gasteiger partial charge in [-0.05, 0) is 30.4 Å². The Hall–Kier alpha value is -2.18. The van der Waals surface area contributed by atoms with E-state index in [1.165, 1.54) is 20.9 Å². The summed E-state index contributed by atoms with van der Waals surface area (Å²) < 4.78 is 0. The lowest BCUT2D eigenvalue weighted by molar-refractivity contribution is -0.704. The molecule has 3 rings (SSSR count). The SMILES string of the molecule is CCc1ccc([C@@H]([NH2+][C@@H](C)C(=O)N2CCNC2=O)c2cccs2)cc1. The molecule has 0 aliphatic carbocycles. The molecule has 6 heteroatoms. The molecule has 0 bridgehead atoms. The predicted octanol–water partition coefficient (Wildman–Crippen LogP) is 1.90. The fourth-order valence-corrected chi connectivity index (χ4v) is 3.93. The van der Waals surface area contributed by atoms with Crippen LogP contribution in [0.3, 0.4) is 0 Å². The minimum atomic E-state index is -0.332. The first-order valence-electron chi connectivity index (χ1n) is 8.66. The summed E-state index contributed by atoms with van der Waals surface area (Å²) in [4.78, 5) is 26.9. The van der Waals surface area contributed by atoms with Gasteiger partial charge in [-0.3, -0.25) is 9.69 Å². The number of nitrogens with one attached hydrogen (secondary N) is 1. The minimum Gasteiger partial charge on any atom is -0.336 e. The second-order valence-electron chi connectivity index (χ2n) is 6.29. The maximum Gasteiger partial charge on any atom is 0.324 e. The normalized spacial score (nSPS) is 16.6. The molecule has 3 amide bonds. The molecule has 0 unspecified atom stereocenters. The number of rotatable bonds is 6. The lowest BCUT2D eigenvalue weighted by Crippen LogP contribution is -2.92. The van der Waals surface area contributed by atoms with Gasteiger partial charge in [-0.25, -0.2) is 4.79 Å². The van der Waals surface area contributed by atoms with Crippen LogP contribution >= 0.6 is 11.3 Å². The Kier molecular flexibility index (Phi) is 5.50. The number of nitrogens with two attached hydrogens (primary N) is 1. The van der Waals surface area contributed by atoms with Crippen molar-refractivity contribution in [2.45, 2.75) is 32.4 Å². The summed E-state index contributed by atoms with van der Waals surface area (Å²) in [6.45, 7) is 4.99. The summed E-state index contributed by atoms with van der Waals surface area (Å²) in [5.74, 6) is -0.137. The van der Waals surface area contributed by atoms with Gasteiger partial charge in [0.1, 0.15) is 6.04 Å². The van der Waals surface area contributed by atoms with Crippen molar-refractivity contribution >= 4 is 23.3 Å². The largest absolute Gasteiger partial charge is 0.336 e. The molecule has 1 aliphatic rings. The highest BCUT2D eigenvalue weighted by Gasteiger charge is 2.33. The van der Waals surface area contributed by atoms with Crippen LogP contribution in [0.1, 0.15) is 35.9 Å². The molecule has 1 aromatic carbocycles. The highest BCUT2D eigenvalue weighted by molar-refractivity contribution is 7.10. The number of benzene rings is 1. The van der Waals surface area contributed by atoms with Gasteiger partial charge in [0.05, 0.1) is 4.88 Å². The van der Waals surface area contributed by atoms with Crippen LogP contribution in [-0.2, 0) is 11.2 Å². The van der Waals surface area contributed by atoms with E-state index in [0.29, 0.717) is 13.1 Å². The quantitative estimate of drug-likeness (QED) is 0.828. The van der Waals surface area contributed by atoms with E-state index in [0.717, 1.165) is 6.42 Å². The number of carbonyl (C=O) groups excluding carboxylic acids is 2. The van der Waals surface area contributed by atoms with E-state index < -0.39 is 0 Å². The number of thiophene rings is 1. The van der Waals surface area contributed by atoms with E-state index in [2.05, 4.69) is 53.3 Å². The number of nitrogens with zero attached hydrogens (tertiary/aromatic N) is 1. The number of quaternary nitrogens is 1. The van der Waals surface area contributed by atoms with Crippen LogP contribution in [-0.4, -0.2) is 36.0 Å². The number of urea groups is 1. The Labute approximate surface area is 152 Å². The minimum absolute atomic E-state index is 0.0514. The zero-order valence-corrected chi connectivity index (χ0v) is 15.4. The summed E-state index contributed by atoms with van der Waals surface area (Å²) in [5, 5.41) is 6.79.